The Balaban J connectivity index is 1.33. The number of hydrogen-bond donors (Lipinski definition) is 2. The molecular formula is C33H45ClN10O. The summed E-state index contributed by atoms with van der Waals surface area (Å²) in [7, 11) is 1.91. The third-order valence-corrected chi connectivity index (χ3v) is 8.86. The second-order valence-electron chi connectivity index (χ2n) is 14.3. The maximum absolute atomic E-state index is 13.8. The Bertz CT molecular complexity index is 1620. The fourth-order valence-corrected chi connectivity index (χ4v) is 5.93. The maximum atomic E-state index is 13.8. The van der Waals surface area contributed by atoms with Crippen LogP contribution in [0, 0.1) is 12.3 Å². The van der Waals surface area contributed by atoms with Crippen molar-refractivity contribution in [2.24, 2.45) is 12.5 Å². The number of nitrogens with one attached hydrogen (secondary N) is 2. The van der Waals surface area contributed by atoms with E-state index in [2.05, 4.69) is 67.1 Å². The summed E-state index contributed by atoms with van der Waals surface area (Å²) in [5.74, 6) is 1.23. The highest BCUT2D eigenvalue weighted by molar-refractivity contribution is 6.32. The van der Waals surface area contributed by atoms with Crippen molar-refractivity contribution in [2.75, 3.05) is 10.2 Å². The van der Waals surface area contributed by atoms with Gasteiger partial charge in [0.05, 0.1) is 41.2 Å². The van der Waals surface area contributed by atoms with E-state index in [1.54, 1.807) is 24.8 Å². The number of hydrogen-bond acceptors (Lipinski definition) is 8. The normalized spacial score (nSPS) is 17.4. The van der Waals surface area contributed by atoms with Crippen molar-refractivity contribution < 1.29 is 4.79 Å². The second kappa shape index (κ2) is 12.9. The van der Waals surface area contributed by atoms with E-state index >= 15 is 0 Å². The van der Waals surface area contributed by atoms with Crippen molar-refractivity contribution in [3.63, 3.8) is 0 Å². The molecule has 11 nitrogen and oxygen atoms in total. The summed E-state index contributed by atoms with van der Waals surface area (Å²) in [6.07, 6.45) is 13.4. The molecule has 0 saturated heterocycles. The van der Waals surface area contributed by atoms with Gasteiger partial charge in [0.25, 0.3) is 0 Å². The lowest BCUT2D eigenvalue weighted by atomic mass is 9.86. The minimum Gasteiger partial charge on any atom is -0.351 e. The van der Waals surface area contributed by atoms with Crippen molar-refractivity contribution >= 4 is 29.3 Å². The summed E-state index contributed by atoms with van der Waals surface area (Å²) in [5.41, 5.74) is 4.98. The first-order valence-electron chi connectivity index (χ1n) is 15.7. The highest BCUT2D eigenvalue weighted by Crippen LogP contribution is 2.35. The molecule has 240 valence electrons. The first-order valence-corrected chi connectivity index (χ1v) is 16.1. The molecule has 0 aliphatic heterocycles. The molecule has 0 unspecified atom stereocenters. The molecule has 45 heavy (non-hydrogen) atoms. The van der Waals surface area contributed by atoms with Crippen molar-refractivity contribution in [1.82, 2.24) is 39.9 Å². The van der Waals surface area contributed by atoms with Gasteiger partial charge in [-0.25, -0.2) is 15.0 Å². The van der Waals surface area contributed by atoms with E-state index in [1.807, 2.05) is 29.7 Å². The molecule has 1 aliphatic carbocycles. The zero-order chi connectivity index (χ0) is 32.5. The van der Waals surface area contributed by atoms with Crippen molar-refractivity contribution in [3.05, 3.63) is 47.3 Å². The summed E-state index contributed by atoms with van der Waals surface area (Å²) in [5, 5.41) is 15.5. The number of aromatic amines is 1. The lowest BCUT2D eigenvalue weighted by molar-refractivity contribution is -0.119. The summed E-state index contributed by atoms with van der Waals surface area (Å²) in [6, 6.07) is 0.194. The SMILES string of the molecule is Cc1c(-c2cnc(N(C(=O)CCC(C)(C)C)C3CCC(Nc4ncc(C(C)(C)C)c(-c5[nH]ncc5Cl)n4)CC3)cn2)cnn1C. The summed E-state index contributed by atoms with van der Waals surface area (Å²) >= 11 is 6.44. The minimum absolute atomic E-state index is 0.0272. The Morgan fingerprint density at radius 2 is 1.76 bits per heavy atom. The largest absolute Gasteiger partial charge is 0.351 e. The number of amides is 1. The van der Waals surface area contributed by atoms with Gasteiger partial charge in [-0.05, 0) is 49.9 Å². The van der Waals surface area contributed by atoms with Gasteiger partial charge in [-0.3, -0.25) is 24.5 Å². The molecule has 12 heteroatoms. The van der Waals surface area contributed by atoms with Gasteiger partial charge in [0.1, 0.15) is 5.69 Å². The Kier molecular flexibility index (Phi) is 9.30. The van der Waals surface area contributed by atoms with Crippen LogP contribution in [0.1, 0.15) is 91.3 Å². The number of aryl methyl sites for hydroxylation is 1. The van der Waals surface area contributed by atoms with Crippen LogP contribution in [0.4, 0.5) is 11.8 Å². The molecule has 0 aromatic carbocycles. The molecule has 2 N–H and O–H groups in total. The van der Waals surface area contributed by atoms with Gasteiger partial charge in [-0.1, -0.05) is 53.1 Å². The average molecular weight is 633 g/mol. The number of carbonyl (C=O) groups is 1. The fraction of sp³-hybridized carbons (Fsp3) is 0.545. The van der Waals surface area contributed by atoms with Gasteiger partial charge in [0, 0.05) is 48.6 Å². The van der Waals surface area contributed by atoms with Crippen LogP contribution in [0.25, 0.3) is 22.6 Å². The molecule has 0 spiro atoms. The topological polar surface area (TPSA) is 130 Å². The summed E-state index contributed by atoms with van der Waals surface area (Å²) in [6.45, 7) is 14.9. The number of anilines is 2. The summed E-state index contributed by atoms with van der Waals surface area (Å²) < 4.78 is 1.82. The number of H-pyrrole nitrogens is 1. The Labute approximate surface area is 270 Å². The first-order chi connectivity index (χ1) is 21.2. The molecule has 4 aromatic rings. The van der Waals surface area contributed by atoms with E-state index in [0.29, 0.717) is 28.9 Å². The van der Waals surface area contributed by atoms with Crippen LogP contribution in [-0.2, 0) is 17.3 Å². The Morgan fingerprint density at radius 1 is 1.02 bits per heavy atom. The van der Waals surface area contributed by atoms with E-state index in [-0.39, 0.29) is 28.8 Å². The molecule has 5 rings (SSSR count). The molecule has 0 radical (unpaired) electrons. The van der Waals surface area contributed by atoms with E-state index in [4.69, 9.17) is 26.6 Å². The van der Waals surface area contributed by atoms with Crippen molar-refractivity contribution in [1.29, 1.82) is 0 Å². The van der Waals surface area contributed by atoms with Gasteiger partial charge in [0.15, 0.2) is 5.82 Å². The molecule has 0 atom stereocenters. The third-order valence-electron chi connectivity index (χ3n) is 8.58. The van der Waals surface area contributed by atoms with Crippen LogP contribution in [0.5, 0.6) is 0 Å². The lowest BCUT2D eigenvalue weighted by Gasteiger charge is -2.37. The fourth-order valence-electron chi connectivity index (χ4n) is 5.74. The molecule has 1 aliphatic rings. The summed E-state index contributed by atoms with van der Waals surface area (Å²) in [4.78, 5) is 34.7. The highest BCUT2D eigenvalue weighted by Gasteiger charge is 2.32. The molecule has 1 amide bonds. The quantitative estimate of drug-likeness (QED) is 0.214. The molecular weight excluding hydrogens is 588 g/mol. The van der Waals surface area contributed by atoms with Crippen molar-refractivity contribution in [3.8, 4) is 22.6 Å². The predicted molar refractivity (Wildman–Crippen MR) is 178 cm³/mol. The smallest absolute Gasteiger partial charge is 0.228 e. The van der Waals surface area contributed by atoms with Crippen molar-refractivity contribution in [2.45, 2.75) is 104 Å². The number of halogens is 1. The van der Waals surface area contributed by atoms with E-state index in [9.17, 15) is 4.79 Å². The van der Waals surface area contributed by atoms with Crippen LogP contribution >= 0.6 is 11.6 Å². The number of carbonyl (C=O) groups excluding carboxylic acids is 1. The van der Waals surface area contributed by atoms with Crippen LogP contribution < -0.4 is 10.2 Å². The predicted octanol–water partition coefficient (Wildman–Crippen LogP) is 6.90. The second-order valence-corrected chi connectivity index (χ2v) is 14.7. The Hall–Kier alpha value is -3.86. The highest BCUT2D eigenvalue weighted by atomic mass is 35.5. The lowest BCUT2D eigenvalue weighted by Crippen LogP contribution is -2.45. The molecule has 4 aromatic heterocycles. The molecule has 1 fully saturated rings. The van der Waals surface area contributed by atoms with E-state index in [0.717, 1.165) is 60.3 Å². The van der Waals surface area contributed by atoms with E-state index < -0.39 is 0 Å². The van der Waals surface area contributed by atoms with Crippen LogP contribution in [0.3, 0.4) is 0 Å². The number of nitrogens with zero attached hydrogens (tertiary/aromatic N) is 8. The van der Waals surface area contributed by atoms with Gasteiger partial charge in [-0.2, -0.15) is 10.2 Å². The number of rotatable bonds is 8. The minimum atomic E-state index is -0.179. The van der Waals surface area contributed by atoms with Gasteiger partial charge in [-0.15, -0.1) is 0 Å². The third kappa shape index (κ3) is 7.52. The van der Waals surface area contributed by atoms with Crippen LogP contribution in [-0.4, -0.2) is 57.9 Å². The Morgan fingerprint density at radius 3 is 2.31 bits per heavy atom. The zero-order valence-electron chi connectivity index (χ0n) is 27.6. The van der Waals surface area contributed by atoms with Crippen LogP contribution in [0.15, 0.2) is 31.0 Å². The van der Waals surface area contributed by atoms with Gasteiger partial charge >= 0.3 is 0 Å². The van der Waals surface area contributed by atoms with Crippen LogP contribution in [0.2, 0.25) is 5.02 Å². The molecule has 4 heterocycles. The monoisotopic (exact) mass is 632 g/mol. The van der Waals surface area contributed by atoms with Gasteiger partial charge in [0.2, 0.25) is 11.9 Å². The van der Waals surface area contributed by atoms with Gasteiger partial charge < -0.3 is 5.32 Å². The first kappa shape index (κ1) is 32.5. The van der Waals surface area contributed by atoms with E-state index in [1.165, 1.54) is 0 Å². The molecule has 1 saturated carbocycles. The maximum Gasteiger partial charge on any atom is 0.228 e. The molecule has 0 bridgehead atoms. The standard InChI is InChI=1S/C33H45ClN10O/c1-20-23(15-39-43(20)8)26-18-36-27(19-35-26)44(28(45)13-14-32(2,3)4)22-11-9-21(10-12-22)40-31-37-16-24(33(5,6)7)29(41-31)30-25(34)17-38-42-30/h15-19,21-22H,9-14H2,1-8H3,(H,38,42)(H,37,40,41). The number of aromatic nitrogens is 8. The average Bonchev–Trinajstić information content (AvgIpc) is 3.56. The zero-order valence-corrected chi connectivity index (χ0v) is 28.4.